The molecule has 8 heteroatoms. The minimum Gasteiger partial charge on any atom is -0.493 e. The van der Waals surface area contributed by atoms with E-state index in [1.54, 1.807) is 18.2 Å². The quantitative estimate of drug-likeness (QED) is 0.420. The maximum Gasteiger partial charge on any atom is 0.419 e. The van der Waals surface area contributed by atoms with Crippen LogP contribution in [0.15, 0.2) is 59.3 Å². The Balaban J connectivity index is 1.83. The van der Waals surface area contributed by atoms with Crippen molar-refractivity contribution in [1.82, 2.24) is 4.98 Å². The molecule has 3 aromatic rings. The van der Waals surface area contributed by atoms with Crippen molar-refractivity contribution in [3.8, 4) is 16.9 Å². The van der Waals surface area contributed by atoms with Crippen molar-refractivity contribution in [1.29, 1.82) is 0 Å². The number of nitrogens with one attached hydrogen (secondary N) is 1. The van der Waals surface area contributed by atoms with E-state index in [2.05, 4.69) is 24.1 Å². The van der Waals surface area contributed by atoms with E-state index in [0.29, 0.717) is 17.0 Å². The molecule has 0 fully saturated rings. The summed E-state index contributed by atoms with van der Waals surface area (Å²) in [5.41, 5.74) is -0.0412. The number of benzene rings is 1. The zero-order chi connectivity index (χ0) is 23.3. The second-order valence-electron chi connectivity index (χ2n) is 8.12. The highest BCUT2D eigenvalue weighted by Gasteiger charge is 2.35. The lowest BCUT2D eigenvalue weighted by atomic mass is 9.99. The number of rotatable bonds is 8. The number of furan rings is 1. The van der Waals surface area contributed by atoms with Gasteiger partial charge in [-0.2, -0.15) is 13.2 Å². The Bertz CT molecular complexity index is 1050. The lowest BCUT2D eigenvalue weighted by Crippen LogP contribution is -2.14. The Morgan fingerprint density at radius 2 is 1.88 bits per heavy atom. The van der Waals surface area contributed by atoms with Crippen molar-refractivity contribution in [2.45, 2.75) is 33.4 Å². The first-order valence-corrected chi connectivity index (χ1v) is 10.3. The summed E-state index contributed by atoms with van der Waals surface area (Å²) in [7, 11) is 0. The zero-order valence-corrected chi connectivity index (χ0v) is 18.1. The van der Waals surface area contributed by atoms with Crippen molar-refractivity contribution in [2.75, 3.05) is 11.9 Å². The highest BCUT2D eigenvalue weighted by Crippen LogP contribution is 2.39. The fraction of sp³-hybridized carbons (Fsp3) is 0.333. The fourth-order valence-corrected chi connectivity index (χ4v) is 3.43. The minimum absolute atomic E-state index is 0.102. The van der Waals surface area contributed by atoms with E-state index in [1.807, 2.05) is 6.92 Å². The molecule has 2 aromatic heterocycles. The number of amides is 1. The molecule has 0 bridgehead atoms. The van der Waals surface area contributed by atoms with E-state index in [4.69, 9.17) is 9.15 Å². The Labute approximate surface area is 184 Å². The number of hydrogen-bond acceptors (Lipinski definition) is 4. The van der Waals surface area contributed by atoms with Crippen molar-refractivity contribution in [3.05, 3.63) is 66.2 Å². The third-order valence-electron chi connectivity index (χ3n) is 4.76. The lowest BCUT2D eigenvalue weighted by molar-refractivity contribution is -0.139. The van der Waals surface area contributed by atoms with Gasteiger partial charge in [0.05, 0.1) is 18.4 Å². The Kier molecular flexibility index (Phi) is 7.22. The number of hydrogen-bond donors (Lipinski definition) is 1. The summed E-state index contributed by atoms with van der Waals surface area (Å²) in [6.07, 6.45) is -0.929. The number of carbonyl (C=O) groups excluding carboxylic acids is 1. The minimum atomic E-state index is -4.57. The SMILES string of the molecule is CC(C)C[C@@H](C)COc1ccc(-c2ccnc(NC(=O)c3ccco3)c2)cc1C(F)(F)F. The van der Waals surface area contributed by atoms with Crippen molar-refractivity contribution >= 4 is 11.7 Å². The van der Waals surface area contributed by atoms with Crippen LogP contribution in [0.5, 0.6) is 5.75 Å². The van der Waals surface area contributed by atoms with Gasteiger partial charge in [-0.05, 0) is 65.8 Å². The Morgan fingerprint density at radius 3 is 2.53 bits per heavy atom. The van der Waals surface area contributed by atoms with Crippen LogP contribution in [0.1, 0.15) is 43.3 Å². The van der Waals surface area contributed by atoms with Gasteiger partial charge in [0.15, 0.2) is 5.76 Å². The van der Waals surface area contributed by atoms with Gasteiger partial charge in [-0.15, -0.1) is 0 Å². The van der Waals surface area contributed by atoms with Crippen LogP contribution in [0.25, 0.3) is 11.1 Å². The molecule has 0 saturated heterocycles. The fourth-order valence-electron chi connectivity index (χ4n) is 3.43. The summed E-state index contributed by atoms with van der Waals surface area (Å²) in [6, 6.07) is 10.1. The van der Waals surface area contributed by atoms with Crippen LogP contribution in [0.4, 0.5) is 19.0 Å². The molecular formula is C24H25F3N2O3. The summed E-state index contributed by atoms with van der Waals surface area (Å²) in [5, 5.41) is 2.57. The molecule has 0 aliphatic heterocycles. The van der Waals surface area contributed by atoms with Crippen molar-refractivity contribution in [3.63, 3.8) is 0 Å². The topological polar surface area (TPSA) is 64.4 Å². The van der Waals surface area contributed by atoms with Gasteiger partial charge in [-0.1, -0.05) is 26.8 Å². The summed E-state index contributed by atoms with van der Waals surface area (Å²) >= 11 is 0. The molecule has 1 amide bonds. The molecule has 1 N–H and O–H groups in total. The molecule has 0 radical (unpaired) electrons. The average Bonchev–Trinajstić information content (AvgIpc) is 3.26. The van der Waals surface area contributed by atoms with E-state index in [9.17, 15) is 18.0 Å². The van der Waals surface area contributed by atoms with Gasteiger partial charge in [0.25, 0.3) is 5.91 Å². The van der Waals surface area contributed by atoms with Crippen LogP contribution in [-0.4, -0.2) is 17.5 Å². The monoisotopic (exact) mass is 446 g/mol. The molecule has 3 rings (SSSR count). The summed E-state index contributed by atoms with van der Waals surface area (Å²) in [4.78, 5) is 16.2. The Hall–Kier alpha value is -3.29. The van der Waals surface area contributed by atoms with Gasteiger partial charge in [0.2, 0.25) is 0 Å². The van der Waals surface area contributed by atoms with Crippen LogP contribution in [-0.2, 0) is 6.18 Å². The number of aromatic nitrogens is 1. The Morgan fingerprint density at radius 1 is 1.12 bits per heavy atom. The molecule has 0 saturated carbocycles. The van der Waals surface area contributed by atoms with Crippen molar-refractivity contribution in [2.24, 2.45) is 11.8 Å². The smallest absolute Gasteiger partial charge is 0.419 e. The number of ether oxygens (including phenoxy) is 1. The molecule has 0 unspecified atom stereocenters. The predicted octanol–water partition coefficient (Wildman–Crippen LogP) is 6.67. The summed E-state index contributed by atoms with van der Waals surface area (Å²) in [5.74, 6) is 0.167. The number of carbonyl (C=O) groups is 1. The highest BCUT2D eigenvalue weighted by atomic mass is 19.4. The van der Waals surface area contributed by atoms with Gasteiger partial charge in [0, 0.05) is 6.20 Å². The van der Waals surface area contributed by atoms with E-state index in [-0.39, 0.29) is 29.9 Å². The molecule has 32 heavy (non-hydrogen) atoms. The normalized spacial score (nSPS) is 12.6. The zero-order valence-electron chi connectivity index (χ0n) is 18.1. The maximum atomic E-state index is 13.7. The maximum absolute atomic E-state index is 13.7. The number of nitrogens with zero attached hydrogens (tertiary/aromatic N) is 1. The lowest BCUT2D eigenvalue weighted by Gasteiger charge is -2.19. The third-order valence-corrected chi connectivity index (χ3v) is 4.76. The molecule has 1 aromatic carbocycles. The molecule has 2 heterocycles. The highest BCUT2D eigenvalue weighted by molar-refractivity contribution is 6.01. The second kappa shape index (κ2) is 9.89. The summed E-state index contributed by atoms with van der Waals surface area (Å²) < 4.78 is 51.7. The van der Waals surface area contributed by atoms with Gasteiger partial charge < -0.3 is 14.5 Å². The molecule has 170 valence electrons. The average molecular weight is 446 g/mol. The van der Waals surface area contributed by atoms with E-state index in [1.165, 1.54) is 30.7 Å². The van der Waals surface area contributed by atoms with Gasteiger partial charge >= 0.3 is 6.18 Å². The second-order valence-corrected chi connectivity index (χ2v) is 8.12. The molecule has 0 aliphatic carbocycles. The van der Waals surface area contributed by atoms with Crippen LogP contribution in [0.3, 0.4) is 0 Å². The van der Waals surface area contributed by atoms with Gasteiger partial charge in [0.1, 0.15) is 11.6 Å². The number of alkyl halides is 3. The number of anilines is 1. The standard InChI is InChI=1S/C24H25F3N2O3/c1-15(2)11-16(3)14-32-20-7-6-17(12-19(20)24(25,26)27)18-8-9-28-22(13-18)29-23(30)21-5-4-10-31-21/h4-10,12-13,15-16H,11,14H2,1-3H3,(H,28,29,30)/t16-/m1/s1. The van der Waals surface area contributed by atoms with E-state index < -0.39 is 17.6 Å². The van der Waals surface area contributed by atoms with Gasteiger partial charge in [-0.25, -0.2) is 4.98 Å². The largest absolute Gasteiger partial charge is 0.493 e. The van der Waals surface area contributed by atoms with E-state index >= 15 is 0 Å². The van der Waals surface area contributed by atoms with Crippen LogP contribution in [0.2, 0.25) is 0 Å². The number of pyridine rings is 1. The summed E-state index contributed by atoms with van der Waals surface area (Å²) in [6.45, 7) is 6.29. The molecule has 5 nitrogen and oxygen atoms in total. The molecule has 0 spiro atoms. The predicted molar refractivity (Wildman–Crippen MR) is 115 cm³/mol. The van der Waals surface area contributed by atoms with Gasteiger partial charge in [-0.3, -0.25) is 4.79 Å². The first kappa shape index (κ1) is 23.4. The third kappa shape index (κ3) is 6.12. The van der Waals surface area contributed by atoms with Crippen LogP contribution < -0.4 is 10.1 Å². The van der Waals surface area contributed by atoms with Crippen LogP contribution >= 0.6 is 0 Å². The van der Waals surface area contributed by atoms with E-state index in [0.717, 1.165) is 12.5 Å². The van der Waals surface area contributed by atoms with Crippen molar-refractivity contribution < 1.29 is 27.1 Å². The molecule has 0 aliphatic rings. The first-order chi connectivity index (χ1) is 15.1. The first-order valence-electron chi connectivity index (χ1n) is 10.3. The molecule has 1 atom stereocenters. The van der Waals surface area contributed by atoms with Crippen LogP contribution in [0, 0.1) is 11.8 Å². The number of halogens is 3. The molecular weight excluding hydrogens is 421 g/mol.